The lowest BCUT2D eigenvalue weighted by atomic mass is 10.1. The summed E-state index contributed by atoms with van der Waals surface area (Å²) in [6, 6.07) is 11.3. The fourth-order valence-electron chi connectivity index (χ4n) is 1.76. The van der Waals surface area contributed by atoms with Crippen molar-refractivity contribution < 1.29 is 19.4 Å². The van der Waals surface area contributed by atoms with E-state index in [4.69, 9.17) is 16.3 Å². The number of para-hydroxylation sites is 1. The summed E-state index contributed by atoms with van der Waals surface area (Å²) in [6.07, 6.45) is 0. The van der Waals surface area contributed by atoms with Gasteiger partial charge < -0.3 is 15.2 Å². The molecule has 6 heteroatoms. The van der Waals surface area contributed by atoms with Gasteiger partial charge in [0.2, 0.25) is 0 Å². The Hall–Kier alpha value is -2.53. The number of carbonyl (C=O) groups excluding carboxylic acids is 2. The monoisotopic (exact) mass is 319 g/mol. The van der Waals surface area contributed by atoms with E-state index in [9.17, 15) is 14.7 Å². The van der Waals surface area contributed by atoms with E-state index < -0.39 is 18.5 Å². The van der Waals surface area contributed by atoms with Gasteiger partial charge >= 0.3 is 5.97 Å². The number of halogens is 1. The number of carbonyl (C=O) groups is 2. The molecule has 0 aliphatic heterocycles. The molecule has 2 aromatic carbocycles. The molecule has 0 heterocycles. The van der Waals surface area contributed by atoms with Crippen molar-refractivity contribution >= 4 is 29.2 Å². The van der Waals surface area contributed by atoms with Gasteiger partial charge in [-0.25, -0.2) is 4.79 Å². The lowest BCUT2D eigenvalue weighted by Crippen LogP contribution is -2.21. The zero-order chi connectivity index (χ0) is 16.1. The largest absolute Gasteiger partial charge is 0.507 e. The summed E-state index contributed by atoms with van der Waals surface area (Å²) in [5.41, 5.74) is 1.13. The molecule has 0 aliphatic rings. The number of hydrogen-bond acceptors (Lipinski definition) is 4. The van der Waals surface area contributed by atoms with Crippen LogP contribution in [0.3, 0.4) is 0 Å². The van der Waals surface area contributed by atoms with Crippen LogP contribution in [0.1, 0.15) is 15.9 Å². The predicted octanol–water partition coefficient (Wildman–Crippen LogP) is 3.15. The van der Waals surface area contributed by atoms with Crippen LogP contribution < -0.4 is 5.32 Å². The van der Waals surface area contributed by atoms with Gasteiger partial charge in [0, 0.05) is 10.7 Å². The van der Waals surface area contributed by atoms with Gasteiger partial charge in [-0.15, -0.1) is 0 Å². The molecule has 0 fully saturated rings. The number of aryl methyl sites for hydroxylation is 1. The number of anilines is 1. The van der Waals surface area contributed by atoms with Crippen molar-refractivity contribution in [2.75, 3.05) is 11.9 Å². The molecule has 0 aliphatic carbocycles. The normalized spacial score (nSPS) is 10.1. The van der Waals surface area contributed by atoms with E-state index in [1.165, 1.54) is 6.07 Å². The average Bonchev–Trinajstić information content (AvgIpc) is 2.50. The summed E-state index contributed by atoms with van der Waals surface area (Å²) in [5.74, 6) is -1.39. The molecule has 0 bridgehead atoms. The molecule has 5 nitrogen and oxygen atoms in total. The molecule has 2 N–H and O–H groups in total. The van der Waals surface area contributed by atoms with E-state index in [2.05, 4.69) is 5.32 Å². The highest BCUT2D eigenvalue weighted by Crippen LogP contribution is 2.22. The Morgan fingerprint density at radius 2 is 1.86 bits per heavy atom. The minimum atomic E-state index is -0.757. The highest BCUT2D eigenvalue weighted by atomic mass is 35.5. The van der Waals surface area contributed by atoms with Crippen LogP contribution in [0.25, 0.3) is 0 Å². The van der Waals surface area contributed by atoms with E-state index >= 15 is 0 Å². The molecule has 0 radical (unpaired) electrons. The van der Waals surface area contributed by atoms with Crippen LogP contribution in [0, 0.1) is 6.92 Å². The first-order valence-corrected chi connectivity index (χ1v) is 6.86. The van der Waals surface area contributed by atoms with E-state index in [1.807, 2.05) is 0 Å². The van der Waals surface area contributed by atoms with E-state index in [0.717, 1.165) is 0 Å². The Morgan fingerprint density at radius 3 is 2.55 bits per heavy atom. The molecule has 0 aromatic heterocycles. The second-order valence-electron chi connectivity index (χ2n) is 4.60. The zero-order valence-corrected chi connectivity index (χ0v) is 12.6. The number of amides is 1. The quantitative estimate of drug-likeness (QED) is 0.849. The van der Waals surface area contributed by atoms with E-state index in [0.29, 0.717) is 16.3 Å². The summed E-state index contributed by atoms with van der Waals surface area (Å²) in [5, 5.41) is 12.9. The fraction of sp³-hybridized carbons (Fsp3) is 0.125. The summed E-state index contributed by atoms with van der Waals surface area (Å²) < 4.78 is 4.88. The van der Waals surface area contributed by atoms with Crippen LogP contribution in [-0.4, -0.2) is 23.6 Å². The highest BCUT2D eigenvalue weighted by Gasteiger charge is 2.15. The van der Waals surface area contributed by atoms with E-state index in [1.54, 1.807) is 43.3 Å². The first kappa shape index (κ1) is 15.9. The number of hydrogen-bond donors (Lipinski definition) is 2. The van der Waals surface area contributed by atoms with Gasteiger partial charge in [0.15, 0.2) is 6.61 Å². The van der Waals surface area contributed by atoms with Gasteiger partial charge in [-0.3, -0.25) is 4.79 Å². The lowest BCUT2D eigenvalue weighted by Gasteiger charge is -2.08. The first-order valence-electron chi connectivity index (χ1n) is 6.48. The number of phenols is 1. The molecule has 22 heavy (non-hydrogen) atoms. The van der Waals surface area contributed by atoms with Crippen molar-refractivity contribution in [3.63, 3.8) is 0 Å². The topological polar surface area (TPSA) is 75.6 Å². The van der Waals surface area contributed by atoms with Gasteiger partial charge in [-0.1, -0.05) is 23.7 Å². The first-order chi connectivity index (χ1) is 10.5. The molecule has 0 unspecified atom stereocenters. The number of aromatic hydroxyl groups is 1. The second kappa shape index (κ2) is 6.95. The number of nitrogens with one attached hydrogen (secondary N) is 1. The number of benzene rings is 2. The molecule has 0 atom stereocenters. The van der Waals surface area contributed by atoms with Crippen molar-refractivity contribution in [3.8, 4) is 5.75 Å². The van der Waals surface area contributed by atoms with Crippen LogP contribution in [0.2, 0.25) is 5.02 Å². The van der Waals surface area contributed by atoms with Gasteiger partial charge in [0.1, 0.15) is 11.3 Å². The van der Waals surface area contributed by atoms with Crippen molar-refractivity contribution in [2.24, 2.45) is 0 Å². The molecule has 2 aromatic rings. The molecular formula is C16H14ClNO4. The Morgan fingerprint density at radius 1 is 1.18 bits per heavy atom. The molecule has 0 spiro atoms. The maximum Gasteiger partial charge on any atom is 0.342 e. The third-order valence-corrected chi connectivity index (χ3v) is 3.17. The fourth-order valence-corrected chi connectivity index (χ4v) is 1.89. The molecule has 1 amide bonds. The Kier molecular flexibility index (Phi) is 5.01. The third kappa shape index (κ3) is 3.99. The van der Waals surface area contributed by atoms with Gasteiger partial charge in [-0.05, 0) is 42.8 Å². The zero-order valence-electron chi connectivity index (χ0n) is 11.8. The minimum Gasteiger partial charge on any atom is -0.507 e. The van der Waals surface area contributed by atoms with Crippen molar-refractivity contribution in [1.29, 1.82) is 0 Å². The molecule has 2 rings (SSSR count). The minimum absolute atomic E-state index is 0.0271. The molecule has 0 saturated heterocycles. The van der Waals surface area contributed by atoms with Crippen LogP contribution in [0.15, 0.2) is 42.5 Å². The van der Waals surface area contributed by atoms with Crippen LogP contribution >= 0.6 is 11.6 Å². The lowest BCUT2D eigenvalue weighted by molar-refractivity contribution is -0.119. The van der Waals surface area contributed by atoms with Crippen molar-refractivity contribution in [3.05, 3.63) is 58.6 Å². The maximum atomic E-state index is 11.8. The molecular weight excluding hydrogens is 306 g/mol. The second-order valence-corrected chi connectivity index (χ2v) is 5.04. The summed E-state index contributed by atoms with van der Waals surface area (Å²) in [7, 11) is 0. The van der Waals surface area contributed by atoms with E-state index in [-0.39, 0.29) is 11.3 Å². The van der Waals surface area contributed by atoms with Crippen LogP contribution in [0.5, 0.6) is 5.75 Å². The van der Waals surface area contributed by atoms with Gasteiger partial charge in [-0.2, -0.15) is 0 Å². The van der Waals surface area contributed by atoms with Gasteiger partial charge in [0.05, 0.1) is 0 Å². The number of esters is 1. The maximum absolute atomic E-state index is 11.8. The molecule has 114 valence electrons. The Bertz CT molecular complexity index is 698. The van der Waals surface area contributed by atoms with Crippen molar-refractivity contribution in [1.82, 2.24) is 0 Å². The molecule has 0 saturated carbocycles. The summed E-state index contributed by atoms with van der Waals surface area (Å²) >= 11 is 5.74. The smallest absolute Gasteiger partial charge is 0.342 e. The Labute approximate surface area is 132 Å². The number of phenolic OH excluding ortho intramolecular Hbond substituents is 1. The average molecular weight is 320 g/mol. The standard InChI is InChI=1S/C16H14ClNO4/c1-10-3-2-4-13(15(10)20)16(21)22-9-14(19)18-12-7-5-11(17)6-8-12/h2-8,20H,9H2,1H3,(H,18,19). The Balaban J connectivity index is 1.92. The number of rotatable bonds is 4. The van der Waals surface area contributed by atoms with Gasteiger partial charge in [0.25, 0.3) is 5.91 Å². The predicted molar refractivity (Wildman–Crippen MR) is 83.2 cm³/mol. The summed E-state index contributed by atoms with van der Waals surface area (Å²) in [6.45, 7) is 1.22. The van der Waals surface area contributed by atoms with Crippen LogP contribution in [0.4, 0.5) is 5.69 Å². The highest BCUT2D eigenvalue weighted by molar-refractivity contribution is 6.30. The SMILES string of the molecule is Cc1cccc(C(=O)OCC(=O)Nc2ccc(Cl)cc2)c1O. The third-order valence-electron chi connectivity index (χ3n) is 2.92. The van der Waals surface area contributed by atoms with Crippen molar-refractivity contribution in [2.45, 2.75) is 6.92 Å². The number of ether oxygens (including phenoxy) is 1. The van der Waals surface area contributed by atoms with Crippen LogP contribution in [-0.2, 0) is 9.53 Å². The summed E-state index contributed by atoms with van der Waals surface area (Å²) in [4.78, 5) is 23.5.